The van der Waals surface area contributed by atoms with Crippen LogP contribution < -0.4 is 10.5 Å². The minimum absolute atomic E-state index is 0.472. The molecule has 0 aliphatic heterocycles. The Bertz CT molecular complexity index is 497. The van der Waals surface area contributed by atoms with Gasteiger partial charge in [0.2, 0.25) is 0 Å². The summed E-state index contributed by atoms with van der Waals surface area (Å²) >= 11 is 5.92. The van der Waals surface area contributed by atoms with Crippen molar-refractivity contribution < 1.29 is 4.74 Å². The average molecular weight is 235 g/mol. The van der Waals surface area contributed by atoms with Crippen LogP contribution in [0.15, 0.2) is 36.5 Å². The van der Waals surface area contributed by atoms with Gasteiger partial charge in [-0.3, -0.25) is 0 Å². The van der Waals surface area contributed by atoms with Crippen LogP contribution >= 0.6 is 11.6 Å². The molecule has 1 aromatic carbocycles. The molecule has 0 unspecified atom stereocenters. The second kappa shape index (κ2) is 4.41. The van der Waals surface area contributed by atoms with Crippen LogP contribution in [0.5, 0.6) is 11.5 Å². The third-order valence-corrected chi connectivity index (χ3v) is 2.55. The second-order valence-corrected chi connectivity index (χ2v) is 3.84. The highest BCUT2D eigenvalue weighted by Crippen LogP contribution is 2.25. The Kier molecular flexibility index (Phi) is 2.97. The van der Waals surface area contributed by atoms with Crippen LogP contribution in [0.1, 0.15) is 5.56 Å². The van der Waals surface area contributed by atoms with Crippen LogP contribution in [0.25, 0.3) is 0 Å². The number of nitrogen functional groups attached to an aromatic ring is 1. The summed E-state index contributed by atoms with van der Waals surface area (Å²) in [5.41, 5.74) is 6.45. The van der Waals surface area contributed by atoms with Crippen molar-refractivity contribution in [3.05, 3.63) is 47.1 Å². The smallest absolute Gasteiger partial charge is 0.145 e. The number of hydrogen-bond donors (Lipinski definition) is 1. The standard InChI is InChI=1S/C12H11ClN2O/c1-8-6-9(2-4-11(8)13)16-10-3-5-12(14)15-7-10/h2-7H,1H3,(H2,14,15). The van der Waals surface area contributed by atoms with E-state index in [2.05, 4.69) is 4.98 Å². The van der Waals surface area contributed by atoms with E-state index < -0.39 is 0 Å². The maximum absolute atomic E-state index is 5.92. The topological polar surface area (TPSA) is 48.1 Å². The maximum Gasteiger partial charge on any atom is 0.145 e. The summed E-state index contributed by atoms with van der Waals surface area (Å²) < 4.78 is 5.59. The van der Waals surface area contributed by atoms with Gasteiger partial charge in [-0.05, 0) is 42.8 Å². The first-order valence-electron chi connectivity index (χ1n) is 4.81. The summed E-state index contributed by atoms with van der Waals surface area (Å²) in [4.78, 5) is 3.94. The summed E-state index contributed by atoms with van der Waals surface area (Å²) in [5, 5.41) is 0.725. The monoisotopic (exact) mass is 234 g/mol. The summed E-state index contributed by atoms with van der Waals surface area (Å²) in [6.07, 6.45) is 1.58. The van der Waals surface area contributed by atoms with Crippen molar-refractivity contribution in [2.45, 2.75) is 6.92 Å². The van der Waals surface area contributed by atoms with E-state index >= 15 is 0 Å². The highest BCUT2D eigenvalue weighted by Gasteiger charge is 2.00. The number of halogens is 1. The number of anilines is 1. The second-order valence-electron chi connectivity index (χ2n) is 3.43. The van der Waals surface area contributed by atoms with Crippen molar-refractivity contribution in [3.63, 3.8) is 0 Å². The lowest BCUT2D eigenvalue weighted by atomic mass is 10.2. The summed E-state index contributed by atoms with van der Waals surface area (Å²) in [6.45, 7) is 1.93. The van der Waals surface area contributed by atoms with E-state index in [4.69, 9.17) is 22.1 Å². The largest absolute Gasteiger partial charge is 0.456 e. The van der Waals surface area contributed by atoms with Gasteiger partial charge in [0.1, 0.15) is 17.3 Å². The highest BCUT2D eigenvalue weighted by atomic mass is 35.5. The Morgan fingerprint density at radius 2 is 1.94 bits per heavy atom. The Morgan fingerprint density at radius 3 is 2.56 bits per heavy atom. The van der Waals surface area contributed by atoms with E-state index in [0.29, 0.717) is 11.6 Å². The average Bonchev–Trinajstić information content (AvgIpc) is 2.27. The molecule has 1 heterocycles. The number of benzene rings is 1. The molecule has 0 bridgehead atoms. The molecule has 0 radical (unpaired) electrons. The highest BCUT2D eigenvalue weighted by molar-refractivity contribution is 6.31. The number of aromatic nitrogens is 1. The lowest BCUT2D eigenvalue weighted by Gasteiger charge is -2.06. The number of ether oxygens (including phenoxy) is 1. The summed E-state index contributed by atoms with van der Waals surface area (Å²) in [6, 6.07) is 8.95. The van der Waals surface area contributed by atoms with Crippen LogP contribution in [0.4, 0.5) is 5.82 Å². The molecule has 16 heavy (non-hydrogen) atoms. The van der Waals surface area contributed by atoms with Gasteiger partial charge in [0, 0.05) is 5.02 Å². The quantitative estimate of drug-likeness (QED) is 0.866. The van der Waals surface area contributed by atoms with Crippen molar-refractivity contribution in [2.24, 2.45) is 0 Å². The molecular weight excluding hydrogens is 224 g/mol. The van der Waals surface area contributed by atoms with Gasteiger partial charge >= 0.3 is 0 Å². The maximum atomic E-state index is 5.92. The van der Waals surface area contributed by atoms with Crippen LogP contribution in [-0.2, 0) is 0 Å². The fraction of sp³-hybridized carbons (Fsp3) is 0.0833. The first kappa shape index (κ1) is 10.8. The van der Waals surface area contributed by atoms with Crippen LogP contribution in [0, 0.1) is 6.92 Å². The van der Waals surface area contributed by atoms with E-state index in [1.165, 1.54) is 0 Å². The first-order chi connectivity index (χ1) is 7.65. The van der Waals surface area contributed by atoms with Crippen LogP contribution in [-0.4, -0.2) is 4.98 Å². The number of hydrogen-bond acceptors (Lipinski definition) is 3. The van der Waals surface area contributed by atoms with Crippen LogP contribution in [0.2, 0.25) is 5.02 Å². The molecule has 1 aromatic heterocycles. The summed E-state index contributed by atoms with van der Waals surface area (Å²) in [5.74, 6) is 1.85. The molecular formula is C12H11ClN2O. The Labute approximate surface area is 98.8 Å². The zero-order chi connectivity index (χ0) is 11.5. The fourth-order valence-corrected chi connectivity index (χ4v) is 1.39. The normalized spacial score (nSPS) is 10.1. The molecule has 0 atom stereocenters. The van der Waals surface area contributed by atoms with Crippen molar-refractivity contribution in [1.29, 1.82) is 0 Å². The van der Waals surface area contributed by atoms with E-state index in [9.17, 15) is 0 Å². The molecule has 0 aliphatic rings. The predicted octanol–water partition coefficient (Wildman–Crippen LogP) is 3.42. The van der Waals surface area contributed by atoms with Gasteiger partial charge in [0.15, 0.2) is 0 Å². The van der Waals surface area contributed by atoms with Gasteiger partial charge in [-0.2, -0.15) is 0 Å². The fourth-order valence-electron chi connectivity index (χ4n) is 1.27. The van der Waals surface area contributed by atoms with Gasteiger partial charge in [0.05, 0.1) is 6.20 Å². The number of pyridine rings is 1. The van der Waals surface area contributed by atoms with E-state index in [-0.39, 0.29) is 0 Å². The third-order valence-electron chi connectivity index (χ3n) is 2.12. The molecule has 0 aliphatic carbocycles. The van der Waals surface area contributed by atoms with E-state index in [1.54, 1.807) is 24.4 Å². The molecule has 0 spiro atoms. The number of rotatable bonds is 2. The van der Waals surface area contributed by atoms with Crippen LogP contribution in [0.3, 0.4) is 0 Å². The molecule has 0 fully saturated rings. The summed E-state index contributed by atoms with van der Waals surface area (Å²) in [7, 11) is 0. The molecule has 2 aromatic rings. The van der Waals surface area contributed by atoms with Crippen molar-refractivity contribution in [2.75, 3.05) is 5.73 Å². The van der Waals surface area contributed by atoms with Gasteiger partial charge in [-0.1, -0.05) is 11.6 Å². The minimum atomic E-state index is 0.472. The number of nitrogens with two attached hydrogens (primary N) is 1. The minimum Gasteiger partial charge on any atom is -0.456 e. The molecule has 2 N–H and O–H groups in total. The zero-order valence-corrected chi connectivity index (χ0v) is 9.53. The molecule has 3 nitrogen and oxygen atoms in total. The van der Waals surface area contributed by atoms with E-state index in [1.807, 2.05) is 19.1 Å². The Balaban J connectivity index is 2.20. The molecule has 0 saturated carbocycles. The SMILES string of the molecule is Cc1cc(Oc2ccc(N)nc2)ccc1Cl. The first-order valence-corrected chi connectivity index (χ1v) is 5.18. The zero-order valence-electron chi connectivity index (χ0n) is 8.77. The lowest BCUT2D eigenvalue weighted by molar-refractivity contribution is 0.480. The molecule has 2 rings (SSSR count). The van der Waals surface area contributed by atoms with Crippen molar-refractivity contribution in [3.8, 4) is 11.5 Å². The Hall–Kier alpha value is -1.74. The Morgan fingerprint density at radius 1 is 1.19 bits per heavy atom. The molecule has 0 amide bonds. The predicted molar refractivity (Wildman–Crippen MR) is 64.9 cm³/mol. The third kappa shape index (κ3) is 2.44. The van der Waals surface area contributed by atoms with Gasteiger partial charge < -0.3 is 10.5 Å². The number of nitrogens with zero attached hydrogens (tertiary/aromatic N) is 1. The van der Waals surface area contributed by atoms with Gasteiger partial charge in [-0.25, -0.2) is 4.98 Å². The van der Waals surface area contributed by atoms with Crippen molar-refractivity contribution in [1.82, 2.24) is 4.98 Å². The number of aryl methyl sites for hydroxylation is 1. The molecule has 0 saturated heterocycles. The lowest BCUT2D eigenvalue weighted by Crippen LogP contribution is -1.90. The van der Waals surface area contributed by atoms with Crippen molar-refractivity contribution >= 4 is 17.4 Å². The van der Waals surface area contributed by atoms with Gasteiger partial charge in [0.25, 0.3) is 0 Å². The van der Waals surface area contributed by atoms with Gasteiger partial charge in [-0.15, -0.1) is 0 Å². The van der Waals surface area contributed by atoms with E-state index in [0.717, 1.165) is 16.3 Å². The molecule has 4 heteroatoms. The molecule has 82 valence electrons.